The Morgan fingerprint density at radius 3 is 2.36 bits per heavy atom. The molecule has 1 aliphatic carbocycles. The van der Waals surface area contributed by atoms with Gasteiger partial charge in [0.05, 0.1) is 11.1 Å². The van der Waals surface area contributed by atoms with Gasteiger partial charge in [0.25, 0.3) is 5.91 Å². The van der Waals surface area contributed by atoms with Crippen LogP contribution in [0.4, 0.5) is 11.6 Å². The van der Waals surface area contributed by atoms with Gasteiger partial charge in [-0.2, -0.15) is 0 Å². The highest BCUT2D eigenvalue weighted by molar-refractivity contribution is 6.07. The van der Waals surface area contributed by atoms with Gasteiger partial charge in [-0.1, -0.05) is 24.3 Å². The number of hydrogen-bond acceptors (Lipinski definition) is 5. The fourth-order valence-corrected chi connectivity index (χ4v) is 3.71. The van der Waals surface area contributed by atoms with Gasteiger partial charge in [0, 0.05) is 43.8 Å². The highest BCUT2D eigenvalue weighted by atomic mass is 16.1. The van der Waals surface area contributed by atoms with Crippen LogP contribution in [0.5, 0.6) is 0 Å². The Hall–Kier alpha value is -3.15. The van der Waals surface area contributed by atoms with Gasteiger partial charge in [0.1, 0.15) is 11.6 Å². The van der Waals surface area contributed by atoms with E-state index in [1.165, 1.54) is 0 Å². The quantitative estimate of drug-likeness (QED) is 0.762. The molecule has 6 heteroatoms. The Morgan fingerprint density at radius 1 is 0.929 bits per heavy atom. The number of hydrogen-bond donors (Lipinski definition) is 1. The van der Waals surface area contributed by atoms with Gasteiger partial charge >= 0.3 is 0 Å². The van der Waals surface area contributed by atoms with Gasteiger partial charge in [-0.25, -0.2) is 9.97 Å². The third-order valence-corrected chi connectivity index (χ3v) is 5.44. The Bertz CT molecular complexity index is 994. The first-order valence-electron chi connectivity index (χ1n) is 9.89. The largest absolute Gasteiger partial charge is 0.353 e. The van der Waals surface area contributed by atoms with E-state index in [0.717, 1.165) is 67.1 Å². The summed E-state index contributed by atoms with van der Waals surface area (Å²) in [6.07, 6.45) is 3.99. The van der Waals surface area contributed by atoms with Crippen molar-refractivity contribution < 1.29 is 4.79 Å². The van der Waals surface area contributed by atoms with Crippen molar-refractivity contribution >= 4 is 28.4 Å². The van der Waals surface area contributed by atoms with E-state index in [0.29, 0.717) is 6.04 Å². The van der Waals surface area contributed by atoms with Gasteiger partial charge < -0.3 is 15.1 Å². The third kappa shape index (κ3) is 3.38. The van der Waals surface area contributed by atoms with Crippen molar-refractivity contribution in [2.75, 3.05) is 36.0 Å². The summed E-state index contributed by atoms with van der Waals surface area (Å²) in [5.41, 5.74) is 1.59. The summed E-state index contributed by atoms with van der Waals surface area (Å²) in [5.74, 6) is 1.90. The number of para-hydroxylation sites is 1. The van der Waals surface area contributed by atoms with Crippen LogP contribution in [0, 0.1) is 0 Å². The molecule has 28 heavy (non-hydrogen) atoms. The van der Waals surface area contributed by atoms with Crippen LogP contribution in [-0.2, 0) is 0 Å². The van der Waals surface area contributed by atoms with Crippen molar-refractivity contribution in [3.63, 3.8) is 0 Å². The SMILES string of the molecule is O=C(NC1CC1)c1cc(N2CCN(c3ccccn3)CC2)nc2ccccc12. The fraction of sp³-hybridized carbons (Fsp3) is 0.318. The molecule has 0 radical (unpaired) electrons. The number of carbonyl (C=O) groups excluding carboxylic acids is 1. The lowest BCUT2D eigenvalue weighted by molar-refractivity contribution is 0.0952. The smallest absolute Gasteiger partial charge is 0.252 e. The zero-order valence-corrected chi connectivity index (χ0v) is 15.7. The Labute approximate surface area is 164 Å². The molecule has 1 N–H and O–H groups in total. The van der Waals surface area contributed by atoms with E-state index in [-0.39, 0.29) is 5.91 Å². The summed E-state index contributed by atoms with van der Waals surface area (Å²) in [7, 11) is 0. The molecule has 1 aromatic carbocycles. The fourth-order valence-electron chi connectivity index (χ4n) is 3.71. The van der Waals surface area contributed by atoms with Crippen LogP contribution in [0.25, 0.3) is 10.9 Å². The number of carbonyl (C=O) groups is 1. The van der Waals surface area contributed by atoms with Crippen LogP contribution < -0.4 is 15.1 Å². The first-order chi connectivity index (χ1) is 13.8. The zero-order chi connectivity index (χ0) is 18.9. The number of rotatable bonds is 4. The summed E-state index contributed by atoms with van der Waals surface area (Å²) in [6, 6.07) is 16.2. The van der Waals surface area contributed by atoms with Gasteiger partial charge in [0.2, 0.25) is 0 Å². The average molecular weight is 373 g/mol. The molecular formula is C22H23N5O. The van der Waals surface area contributed by atoms with Gasteiger partial charge in [-0.05, 0) is 37.1 Å². The number of piperazine rings is 1. The first-order valence-corrected chi connectivity index (χ1v) is 9.89. The summed E-state index contributed by atoms with van der Waals surface area (Å²) in [5, 5.41) is 4.03. The highest BCUT2D eigenvalue weighted by Gasteiger charge is 2.26. The molecule has 0 unspecified atom stereocenters. The summed E-state index contributed by atoms with van der Waals surface area (Å²) in [4.78, 5) is 26.7. The maximum atomic E-state index is 12.8. The predicted molar refractivity (Wildman–Crippen MR) is 111 cm³/mol. The standard InChI is InChI=1S/C22H23N5O/c28-22(24-16-8-9-16)18-15-21(25-19-6-2-1-5-17(18)19)27-13-11-26(12-14-27)20-7-3-4-10-23-20/h1-7,10,15-16H,8-9,11-14H2,(H,24,28). The maximum Gasteiger partial charge on any atom is 0.252 e. The summed E-state index contributed by atoms with van der Waals surface area (Å²) >= 11 is 0. The molecular weight excluding hydrogens is 350 g/mol. The van der Waals surface area contributed by atoms with Crippen molar-refractivity contribution in [3.8, 4) is 0 Å². The van der Waals surface area contributed by atoms with Crippen molar-refractivity contribution in [1.29, 1.82) is 0 Å². The zero-order valence-electron chi connectivity index (χ0n) is 15.7. The van der Waals surface area contributed by atoms with E-state index in [9.17, 15) is 4.79 Å². The molecule has 6 nitrogen and oxygen atoms in total. The number of nitrogens with one attached hydrogen (secondary N) is 1. The molecule has 2 fully saturated rings. The van der Waals surface area contributed by atoms with Gasteiger partial charge in [0.15, 0.2) is 0 Å². The number of nitrogens with zero attached hydrogens (tertiary/aromatic N) is 4. The molecule has 1 aliphatic heterocycles. The van der Waals surface area contributed by atoms with E-state index in [4.69, 9.17) is 4.98 Å². The van der Waals surface area contributed by atoms with E-state index in [1.807, 2.05) is 54.7 Å². The van der Waals surface area contributed by atoms with Crippen LogP contribution in [-0.4, -0.2) is 48.1 Å². The monoisotopic (exact) mass is 373 g/mol. The van der Waals surface area contributed by atoms with E-state index < -0.39 is 0 Å². The molecule has 2 aliphatic rings. The molecule has 3 heterocycles. The number of pyridine rings is 2. The molecule has 1 saturated heterocycles. The van der Waals surface area contributed by atoms with Gasteiger partial charge in [-0.15, -0.1) is 0 Å². The predicted octanol–water partition coefficient (Wildman–Crippen LogP) is 2.85. The number of anilines is 2. The summed E-state index contributed by atoms with van der Waals surface area (Å²) in [6.45, 7) is 3.47. The minimum Gasteiger partial charge on any atom is -0.353 e. The number of amides is 1. The Balaban J connectivity index is 1.40. The van der Waals surface area contributed by atoms with Crippen LogP contribution in [0.2, 0.25) is 0 Å². The topological polar surface area (TPSA) is 61.4 Å². The molecule has 142 valence electrons. The lowest BCUT2D eigenvalue weighted by atomic mass is 10.1. The molecule has 5 rings (SSSR count). The van der Waals surface area contributed by atoms with Crippen molar-refractivity contribution in [2.45, 2.75) is 18.9 Å². The lowest BCUT2D eigenvalue weighted by Crippen LogP contribution is -2.47. The minimum absolute atomic E-state index is 0.00877. The molecule has 0 atom stereocenters. The molecule has 1 amide bonds. The molecule has 1 saturated carbocycles. The third-order valence-electron chi connectivity index (χ3n) is 5.44. The van der Waals surface area contributed by atoms with Crippen LogP contribution in [0.1, 0.15) is 23.2 Å². The number of aromatic nitrogens is 2. The van der Waals surface area contributed by atoms with Crippen LogP contribution in [0.15, 0.2) is 54.7 Å². The van der Waals surface area contributed by atoms with Crippen molar-refractivity contribution in [1.82, 2.24) is 15.3 Å². The minimum atomic E-state index is 0.00877. The van der Waals surface area contributed by atoms with Crippen molar-refractivity contribution in [3.05, 3.63) is 60.3 Å². The summed E-state index contributed by atoms with van der Waals surface area (Å²) < 4.78 is 0. The molecule has 3 aromatic rings. The van der Waals surface area contributed by atoms with E-state index >= 15 is 0 Å². The van der Waals surface area contributed by atoms with Crippen LogP contribution >= 0.6 is 0 Å². The second-order valence-electron chi connectivity index (χ2n) is 7.45. The van der Waals surface area contributed by atoms with Crippen molar-refractivity contribution in [2.24, 2.45) is 0 Å². The number of benzene rings is 1. The molecule has 2 aromatic heterocycles. The number of fused-ring (bicyclic) bond motifs is 1. The first kappa shape index (κ1) is 17.0. The lowest BCUT2D eigenvalue weighted by Gasteiger charge is -2.36. The maximum absolute atomic E-state index is 12.8. The normalized spacial score (nSPS) is 17.0. The van der Waals surface area contributed by atoms with Crippen LogP contribution in [0.3, 0.4) is 0 Å². The van der Waals surface area contributed by atoms with E-state index in [1.54, 1.807) is 0 Å². The highest BCUT2D eigenvalue weighted by Crippen LogP contribution is 2.26. The van der Waals surface area contributed by atoms with Gasteiger partial charge in [-0.3, -0.25) is 4.79 Å². The second-order valence-corrected chi connectivity index (χ2v) is 7.45. The second kappa shape index (κ2) is 7.11. The molecule has 0 bridgehead atoms. The molecule has 0 spiro atoms. The Kier molecular flexibility index (Phi) is 4.31. The van der Waals surface area contributed by atoms with E-state index in [2.05, 4.69) is 20.1 Å². The Morgan fingerprint density at radius 2 is 1.64 bits per heavy atom. The average Bonchev–Trinajstić information content (AvgIpc) is 3.57.